The number of rotatable bonds is 10. The van der Waals surface area contributed by atoms with Crippen LogP contribution in [0, 0.1) is 5.92 Å². The molecule has 0 heterocycles. The van der Waals surface area contributed by atoms with Crippen LogP contribution in [0.2, 0.25) is 0 Å². The van der Waals surface area contributed by atoms with Gasteiger partial charge in [0.2, 0.25) is 0 Å². The van der Waals surface area contributed by atoms with E-state index >= 15 is 0 Å². The second kappa shape index (κ2) is 10.2. The summed E-state index contributed by atoms with van der Waals surface area (Å²) < 4.78 is 10.9. The van der Waals surface area contributed by atoms with Gasteiger partial charge in [-0.25, -0.2) is 0 Å². The minimum Gasteiger partial charge on any atom is -0.465 e. The molecule has 21 heavy (non-hydrogen) atoms. The molecule has 0 saturated heterocycles. The van der Waals surface area contributed by atoms with Crippen LogP contribution in [-0.2, 0) is 14.3 Å². The Morgan fingerprint density at radius 2 is 1.95 bits per heavy atom. The molecule has 0 aromatic heterocycles. The van der Waals surface area contributed by atoms with E-state index in [2.05, 4.69) is 5.32 Å². The Morgan fingerprint density at radius 3 is 2.57 bits per heavy atom. The fourth-order valence-electron chi connectivity index (χ4n) is 2.91. The lowest BCUT2D eigenvalue weighted by Crippen LogP contribution is -2.48. The van der Waals surface area contributed by atoms with E-state index in [1.807, 2.05) is 20.9 Å². The first-order valence-corrected chi connectivity index (χ1v) is 8.56. The van der Waals surface area contributed by atoms with Crippen LogP contribution in [0.3, 0.4) is 0 Å². The van der Waals surface area contributed by atoms with E-state index in [0.717, 1.165) is 38.4 Å². The van der Waals surface area contributed by atoms with Gasteiger partial charge in [-0.15, -0.1) is 0 Å². The first-order chi connectivity index (χ1) is 10.1. The largest absolute Gasteiger partial charge is 0.465 e. The molecule has 4 heteroatoms. The topological polar surface area (TPSA) is 47.6 Å². The van der Waals surface area contributed by atoms with Gasteiger partial charge >= 0.3 is 5.97 Å². The van der Waals surface area contributed by atoms with Gasteiger partial charge in [-0.3, -0.25) is 4.79 Å². The highest BCUT2D eigenvalue weighted by atomic mass is 16.5. The van der Waals surface area contributed by atoms with Gasteiger partial charge in [0, 0.05) is 13.2 Å². The predicted octanol–water partition coefficient (Wildman–Crippen LogP) is 3.29. The summed E-state index contributed by atoms with van der Waals surface area (Å²) in [6.45, 7) is 5.90. The second-order valence-electron chi connectivity index (χ2n) is 6.34. The molecule has 1 fully saturated rings. The molecule has 0 radical (unpaired) electrons. The summed E-state index contributed by atoms with van der Waals surface area (Å²) in [5.74, 6) is 0.622. The van der Waals surface area contributed by atoms with Crippen LogP contribution >= 0.6 is 0 Å². The monoisotopic (exact) mass is 299 g/mol. The van der Waals surface area contributed by atoms with Crippen LogP contribution in [0.5, 0.6) is 0 Å². The van der Waals surface area contributed by atoms with E-state index in [4.69, 9.17) is 9.47 Å². The van der Waals surface area contributed by atoms with Gasteiger partial charge in [0.05, 0.1) is 6.61 Å². The van der Waals surface area contributed by atoms with E-state index < -0.39 is 5.54 Å². The summed E-state index contributed by atoms with van der Waals surface area (Å²) in [5, 5.41) is 3.09. The molecule has 1 rings (SSSR count). The maximum Gasteiger partial charge on any atom is 0.326 e. The molecular weight excluding hydrogens is 266 g/mol. The Labute approximate surface area is 130 Å². The highest BCUT2D eigenvalue weighted by Gasteiger charge is 2.32. The van der Waals surface area contributed by atoms with E-state index in [-0.39, 0.29) is 5.97 Å². The minimum atomic E-state index is -0.570. The molecule has 0 aromatic carbocycles. The third-order valence-electron chi connectivity index (χ3n) is 4.57. The zero-order valence-electron chi connectivity index (χ0n) is 14.1. The molecule has 0 spiro atoms. The molecule has 1 atom stereocenters. The summed E-state index contributed by atoms with van der Waals surface area (Å²) in [4.78, 5) is 11.9. The summed E-state index contributed by atoms with van der Waals surface area (Å²) in [5.41, 5.74) is -0.570. The van der Waals surface area contributed by atoms with Crippen molar-refractivity contribution in [1.82, 2.24) is 5.32 Å². The first-order valence-electron chi connectivity index (χ1n) is 8.56. The fourth-order valence-corrected chi connectivity index (χ4v) is 2.91. The van der Waals surface area contributed by atoms with Crippen molar-refractivity contribution in [3.05, 3.63) is 0 Å². The highest BCUT2D eigenvalue weighted by molar-refractivity contribution is 5.80. The van der Waals surface area contributed by atoms with Crippen LogP contribution in [0.1, 0.15) is 65.2 Å². The van der Waals surface area contributed by atoms with Crippen molar-refractivity contribution in [3.63, 3.8) is 0 Å². The maximum atomic E-state index is 11.9. The van der Waals surface area contributed by atoms with E-state index in [0.29, 0.717) is 6.61 Å². The minimum absolute atomic E-state index is 0.157. The van der Waals surface area contributed by atoms with Crippen LogP contribution in [0.25, 0.3) is 0 Å². The van der Waals surface area contributed by atoms with Crippen molar-refractivity contribution >= 4 is 5.97 Å². The van der Waals surface area contributed by atoms with Crippen molar-refractivity contribution < 1.29 is 14.3 Å². The van der Waals surface area contributed by atoms with Gasteiger partial charge in [-0.2, -0.15) is 0 Å². The molecule has 1 aliphatic rings. The predicted molar refractivity (Wildman–Crippen MR) is 85.3 cm³/mol. The highest BCUT2D eigenvalue weighted by Crippen LogP contribution is 2.23. The average molecular weight is 299 g/mol. The smallest absolute Gasteiger partial charge is 0.326 e. The maximum absolute atomic E-state index is 11.9. The van der Waals surface area contributed by atoms with Crippen molar-refractivity contribution in [3.8, 4) is 0 Å². The molecule has 0 bridgehead atoms. The normalized spacial score (nSPS) is 19.2. The van der Waals surface area contributed by atoms with Crippen molar-refractivity contribution in [1.29, 1.82) is 0 Å². The zero-order chi connectivity index (χ0) is 15.6. The Balaban J connectivity index is 2.09. The Bertz CT molecular complexity index is 290. The summed E-state index contributed by atoms with van der Waals surface area (Å²) in [6, 6.07) is 0. The molecule has 0 aromatic rings. The third kappa shape index (κ3) is 6.79. The quantitative estimate of drug-likeness (QED) is 0.497. The second-order valence-corrected chi connectivity index (χ2v) is 6.34. The van der Waals surface area contributed by atoms with Gasteiger partial charge in [0.25, 0.3) is 0 Å². The third-order valence-corrected chi connectivity index (χ3v) is 4.57. The first kappa shape index (κ1) is 18.4. The number of nitrogens with one attached hydrogen (secondary N) is 1. The number of carbonyl (C=O) groups is 1. The van der Waals surface area contributed by atoms with E-state index in [1.54, 1.807) is 0 Å². The lowest BCUT2D eigenvalue weighted by molar-refractivity contribution is -0.150. The lowest BCUT2D eigenvalue weighted by Gasteiger charge is -2.26. The number of ether oxygens (including phenoxy) is 2. The van der Waals surface area contributed by atoms with Crippen molar-refractivity contribution in [2.75, 3.05) is 26.9 Å². The Morgan fingerprint density at radius 1 is 1.24 bits per heavy atom. The number of likely N-dealkylation sites (N-methyl/N-ethyl adjacent to an activating group) is 1. The van der Waals surface area contributed by atoms with Crippen LogP contribution in [0.15, 0.2) is 0 Å². The molecule has 1 N–H and O–H groups in total. The number of hydrogen-bond acceptors (Lipinski definition) is 4. The van der Waals surface area contributed by atoms with Gasteiger partial charge in [0.15, 0.2) is 0 Å². The number of unbranched alkanes of at least 4 members (excludes halogenated alkanes) is 1. The van der Waals surface area contributed by atoms with E-state index in [1.165, 1.54) is 32.1 Å². The van der Waals surface area contributed by atoms with Crippen molar-refractivity contribution in [2.24, 2.45) is 5.92 Å². The van der Waals surface area contributed by atoms with E-state index in [9.17, 15) is 4.79 Å². The molecule has 0 amide bonds. The molecule has 1 saturated carbocycles. The molecule has 4 nitrogen and oxygen atoms in total. The van der Waals surface area contributed by atoms with Crippen molar-refractivity contribution in [2.45, 2.75) is 70.8 Å². The number of esters is 1. The van der Waals surface area contributed by atoms with Gasteiger partial charge < -0.3 is 14.8 Å². The number of carbonyl (C=O) groups excluding carboxylic acids is 1. The average Bonchev–Trinajstić information content (AvgIpc) is 2.51. The van der Waals surface area contributed by atoms with Gasteiger partial charge in [0.1, 0.15) is 5.54 Å². The summed E-state index contributed by atoms with van der Waals surface area (Å²) in [7, 11) is 1.82. The summed E-state index contributed by atoms with van der Waals surface area (Å²) >= 11 is 0. The Kier molecular flexibility index (Phi) is 8.93. The van der Waals surface area contributed by atoms with Crippen LogP contribution in [0.4, 0.5) is 0 Å². The SMILES string of the molecule is CCOC(=O)C(C)(CCCCOCC1CCCCC1)NC. The molecule has 1 aliphatic carbocycles. The fraction of sp³-hybridized carbons (Fsp3) is 0.941. The molecule has 0 aliphatic heterocycles. The standard InChI is InChI=1S/C17H33NO3/c1-4-21-16(19)17(2,18-3)12-8-9-13-20-14-15-10-6-5-7-11-15/h15,18H,4-14H2,1-3H3. The molecular formula is C17H33NO3. The zero-order valence-corrected chi connectivity index (χ0v) is 14.1. The van der Waals surface area contributed by atoms with Crippen LogP contribution < -0.4 is 5.32 Å². The molecule has 1 unspecified atom stereocenters. The van der Waals surface area contributed by atoms with Gasteiger partial charge in [-0.1, -0.05) is 19.3 Å². The van der Waals surface area contributed by atoms with Crippen LogP contribution in [-0.4, -0.2) is 38.4 Å². The molecule has 124 valence electrons. The number of hydrogen-bond donors (Lipinski definition) is 1. The summed E-state index contributed by atoms with van der Waals surface area (Å²) in [6.07, 6.45) is 9.57. The lowest BCUT2D eigenvalue weighted by atomic mass is 9.90. The Hall–Kier alpha value is -0.610. The van der Waals surface area contributed by atoms with Gasteiger partial charge in [-0.05, 0) is 58.9 Å².